The van der Waals surface area contributed by atoms with Gasteiger partial charge in [-0.2, -0.15) is 0 Å². The number of carbonyl (C=O) groups is 1. The van der Waals surface area contributed by atoms with E-state index in [1.54, 1.807) is 0 Å². The van der Waals surface area contributed by atoms with Crippen molar-refractivity contribution < 1.29 is 14.6 Å². The molecule has 0 bridgehead atoms. The number of carbonyl (C=O) groups excluding carboxylic acids is 1. The number of ether oxygens (including phenoxy) is 1. The maximum Gasteiger partial charge on any atom is 0.246 e. The first kappa shape index (κ1) is 13.4. The van der Waals surface area contributed by atoms with Crippen LogP contribution in [0.25, 0.3) is 0 Å². The first-order chi connectivity index (χ1) is 6.52. The fraction of sp³-hybridized carbons (Fsp3) is 0.900. The van der Waals surface area contributed by atoms with Crippen LogP contribution in [0, 0.1) is 5.41 Å². The molecule has 1 amide bonds. The molecule has 0 heterocycles. The molecule has 84 valence electrons. The molecule has 4 heteroatoms. The summed E-state index contributed by atoms with van der Waals surface area (Å²) in [7, 11) is 0. The molecular formula is C10H21NO3. The van der Waals surface area contributed by atoms with Gasteiger partial charge in [-0.25, -0.2) is 0 Å². The fourth-order valence-corrected chi connectivity index (χ4v) is 0.975. The monoisotopic (exact) mass is 203 g/mol. The highest BCUT2D eigenvalue weighted by atomic mass is 16.5. The van der Waals surface area contributed by atoms with E-state index in [1.165, 1.54) is 0 Å². The van der Waals surface area contributed by atoms with Crippen molar-refractivity contribution in [3.8, 4) is 0 Å². The standard InChI is InChI=1S/C10H21NO3/c1-4-14-7-9(13)11-8-10(2,3)5-6-12/h12H,4-8H2,1-3H3,(H,11,13). The number of amides is 1. The Labute approximate surface area is 85.6 Å². The van der Waals surface area contributed by atoms with Gasteiger partial charge in [-0.1, -0.05) is 13.8 Å². The van der Waals surface area contributed by atoms with Gasteiger partial charge in [-0.3, -0.25) is 4.79 Å². The van der Waals surface area contributed by atoms with Crippen molar-refractivity contribution in [1.29, 1.82) is 0 Å². The maximum atomic E-state index is 11.2. The second-order valence-corrected chi connectivity index (χ2v) is 4.05. The van der Waals surface area contributed by atoms with Gasteiger partial charge in [0, 0.05) is 19.8 Å². The summed E-state index contributed by atoms with van der Waals surface area (Å²) < 4.78 is 4.96. The molecule has 4 nitrogen and oxygen atoms in total. The molecule has 0 saturated heterocycles. The largest absolute Gasteiger partial charge is 0.396 e. The van der Waals surface area contributed by atoms with Crippen molar-refractivity contribution in [2.45, 2.75) is 27.2 Å². The number of aliphatic hydroxyl groups is 1. The van der Waals surface area contributed by atoms with Crippen LogP contribution in [0.4, 0.5) is 0 Å². The van der Waals surface area contributed by atoms with Crippen LogP contribution >= 0.6 is 0 Å². The molecule has 0 rings (SSSR count). The van der Waals surface area contributed by atoms with Gasteiger partial charge >= 0.3 is 0 Å². The average molecular weight is 203 g/mol. The lowest BCUT2D eigenvalue weighted by Gasteiger charge is -2.23. The average Bonchev–Trinajstić information content (AvgIpc) is 2.11. The molecule has 0 spiro atoms. The zero-order valence-electron chi connectivity index (χ0n) is 9.30. The van der Waals surface area contributed by atoms with E-state index < -0.39 is 0 Å². The van der Waals surface area contributed by atoms with Gasteiger partial charge in [0.25, 0.3) is 0 Å². The number of hydrogen-bond acceptors (Lipinski definition) is 3. The Morgan fingerprint density at radius 3 is 2.64 bits per heavy atom. The molecule has 0 fully saturated rings. The van der Waals surface area contributed by atoms with Gasteiger partial charge < -0.3 is 15.2 Å². The molecule has 0 unspecified atom stereocenters. The van der Waals surface area contributed by atoms with E-state index in [1.807, 2.05) is 20.8 Å². The van der Waals surface area contributed by atoms with Crippen molar-refractivity contribution in [2.24, 2.45) is 5.41 Å². The van der Waals surface area contributed by atoms with Crippen LogP contribution in [-0.4, -0.2) is 37.4 Å². The van der Waals surface area contributed by atoms with Gasteiger partial charge in [0.1, 0.15) is 6.61 Å². The molecule has 0 aliphatic heterocycles. The normalized spacial score (nSPS) is 11.4. The molecule has 0 aromatic rings. The summed E-state index contributed by atoms with van der Waals surface area (Å²) in [4.78, 5) is 11.2. The molecule has 0 radical (unpaired) electrons. The molecular weight excluding hydrogens is 182 g/mol. The third-order valence-electron chi connectivity index (χ3n) is 1.99. The molecule has 0 saturated carbocycles. The van der Waals surface area contributed by atoms with Crippen LogP contribution in [0.2, 0.25) is 0 Å². The molecule has 0 aliphatic carbocycles. The van der Waals surface area contributed by atoms with E-state index in [9.17, 15) is 4.79 Å². The predicted octanol–water partition coefficient (Wildman–Crippen LogP) is 0.548. The molecule has 2 N–H and O–H groups in total. The Morgan fingerprint density at radius 2 is 2.14 bits per heavy atom. The third-order valence-corrected chi connectivity index (χ3v) is 1.99. The van der Waals surface area contributed by atoms with E-state index in [2.05, 4.69) is 5.32 Å². The van der Waals surface area contributed by atoms with Crippen molar-refractivity contribution in [1.82, 2.24) is 5.32 Å². The second kappa shape index (κ2) is 6.79. The smallest absolute Gasteiger partial charge is 0.246 e. The zero-order chi connectivity index (χ0) is 11.0. The number of aliphatic hydroxyl groups excluding tert-OH is 1. The highest BCUT2D eigenvalue weighted by Crippen LogP contribution is 2.17. The van der Waals surface area contributed by atoms with Crippen LogP contribution in [0.5, 0.6) is 0 Å². The van der Waals surface area contributed by atoms with Crippen LogP contribution in [0.1, 0.15) is 27.2 Å². The van der Waals surface area contributed by atoms with E-state index in [0.29, 0.717) is 19.6 Å². The Hall–Kier alpha value is -0.610. The van der Waals surface area contributed by atoms with Crippen molar-refractivity contribution in [3.63, 3.8) is 0 Å². The minimum Gasteiger partial charge on any atom is -0.396 e. The van der Waals surface area contributed by atoms with Gasteiger partial charge in [0.2, 0.25) is 5.91 Å². The van der Waals surface area contributed by atoms with E-state index in [-0.39, 0.29) is 24.5 Å². The lowest BCUT2D eigenvalue weighted by atomic mass is 9.90. The van der Waals surface area contributed by atoms with Crippen LogP contribution in [0.15, 0.2) is 0 Å². The van der Waals surface area contributed by atoms with E-state index in [0.717, 1.165) is 0 Å². The molecule has 14 heavy (non-hydrogen) atoms. The first-order valence-corrected chi connectivity index (χ1v) is 4.97. The lowest BCUT2D eigenvalue weighted by molar-refractivity contribution is -0.126. The minimum atomic E-state index is -0.0992. The Balaban J connectivity index is 3.64. The Bertz CT molecular complexity index is 169. The summed E-state index contributed by atoms with van der Waals surface area (Å²) in [5.41, 5.74) is -0.0589. The summed E-state index contributed by atoms with van der Waals surface area (Å²) in [5, 5.41) is 11.5. The molecule has 0 atom stereocenters. The number of hydrogen-bond donors (Lipinski definition) is 2. The number of nitrogens with one attached hydrogen (secondary N) is 1. The quantitative estimate of drug-likeness (QED) is 0.635. The number of rotatable bonds is 7. The Morgan fingerprint density at radius 1 is 1.50 bits per heavy atom. The van der Waals surface area contributed by atoms with Crippen molar-refractivity contribution >= 4 is 5.91 Å². The van der Waals surface area contributed by atoms with Crippen LogP contribution in [-0.2, 0) is 9.53 Å². The predicted molar refractivity (Wildman–Crippen MR) is 55.0 cm³/mol. The summed E-state index contributed by atoms with van der Waals surface area (Å²) in [6, 6.07) is 0. The fourth-order valence-electron chi connectivity index (χ4n) is 0.975. The summed E-state index contributed by atoms with van der Waals surface area (Å²) in [6.45, 7) is 7.24. The zero-order valence-corrected chi connectivity index (χ0v) is 9.30. The van der Waals surface area contributed by atoms with Crippen molar-refractivity contribution in [2.75, 3.05) is 26.4 Å². The topological polar surface area (TPSA) is 58.6 Å². The van der Waals surface area contributed by atoms with E-state index in [4.69, 9.17) is 9.84 Å². The second-order valence-electron chi connectivity index (χ2n) is 4.05. The van der Waals surface area contributed by atoms with Gasteiger partial charge in [-0.15, -0.1) is 0 Å². The SMILES string of the molecule is CCOCC(=O)NCC(C)(C)CCO. The van der Waals surface area contributed by atoms with Crippen molar-refractivity contribution in [3.05, 3.63) is 0 Å². The highest BCUT2D eigenvalue weighted by Gasteiger charge is 2.17. The molecule has 0 aliphatic rings. The maximum absolute atomic E-state index is 11.2. The Kier molecular flexibility index (Phi) is 6.49. The van der Waals surface area contributed by atoms with Crippen LogP contribution in [0.3, 0.4) is 0 Å². The summed E-state index contributed by atoms with van der Waals surface area (Å²) in [6.07, 6.45) is 0.682. The lowest BCUT2D eigenvalue weighted by Crippen LogP contribution is -2.36. The van der Waals surface area contributed by atoms with Gasteiger partial charge in [-0.05, 0) is 18.8 Å². The molecule has 0 aromatic carbocycles. The third kappa shape index (κ3) is 6.86. The minimum absolute atomic E-state index is 0.0589. The van der Waals surface area contributed by atoms with E-state index >= 15 is 0 Å². The van der Waals surface area contributed by atoms with Crippen LogP contribution < -0.4 is 5.32 Å². The summed E-state index contributed by atoms with van der Waals surface area (Å²) in [5.74, 6) is -0.0992. The van der Waals surface area contributed by atoms with Gasteiger partial charge in [0.15, 0.2) is 0 Å². The summed E-state index contributed by atoms with van der Waals surface area (Å²) >= 11 is 0. The van der Waals surface area contributed by atoms with Gasteiger partial charge in [0.05, 0.1) is 0 Å². The first-order valence-electron chi connectivity index (χ1n) is 4.97. The highest BCUT2D eigenvalue weighted by molar-refractivity contribution is 5.77. The molecule has 0 aromatic heterocycles.